The third kappa shape index (κ3) is 3.52. The van der Waals surface area contributed by atoms with Crippen LogP contribution < -0.4 is 0 Å². The Morgan fingerprint density at radius 1 is 1.29 bits per heavy atom. The van der Waals surface area contributed by atoms with Gasteiger partial charge in [-0.15, -0.1) is 0 Å². The van der Waals surface area contributed by atoms with E-state index in [1.807, 2.05) is 0 Å². The van der Waals surface area contributed by atoms with Gasteiger partial charge >= 0.3 is 5.00 Å². The molecule has 1 fully saturated rings. The minimum atomic E-state index is -0.367. The van der Waals surface area contributed by atoms with Gasteiger partial charge in [0.15, 0.2) is 0 Å². The zero-order valence-electron chi connectivity index (χ0n) is 9.54. The summed E-state index contributed by atoms with van der Waals surface area (Å²) in [5.74, 6) is 0. The van der Waals surface area contributed by atoms with Crippen LogP contribution in [-0.4, -0.2) is 29.2 Å². The van der Waals surface area contributed by atoms with Crippen LogP contribution in [0.1, 0.15) is 30.6 Å². The molecule has 5 nitrogen and oxygen atoms in total. The van der Waals surface area contributed by atoms with E-state index in [-0.39, 0.29) is 9.92 Å². The lowest BCUT2D eigenvalue weighted by molar-refractivity contribution is -0.380. The molecule has 0 atom stereocenters. The molecule has 2 heterocycles. The molecule has 1 aromatic rings. The topological polar surface area (TPSA) is 58.7 Å². The molecule has 0 unspecified atom stereocenters. The van der Waals surface area contributed by atoms with Gasteiger partial charge in [-0.2, -0.15) is 5.10 Å². The largest absolute Gasteiger partial charge is 0.324 e. The average Bonchev–Trinajstić information content (AvgIpc) is 2.63. The minimum Gasteiger partial charge on any atom is -0.297 e. The molecule has 17 heavy (non-hydrogen) atoms. The molecule has 92 valence electrons. The first-order chi connectivity index (χ1) is 8.25. The molecule has 1 aromatic heterocycles. The van der Waals surface area contributed by atoms with Gasteiger partial charge in [0.2, 0.25) is 0 Å². The number of hydrogen-bond acceptors (Lipinski definition) is 5. The fourth-order valence-electron chi connectivity index (χ4n) is 1.82. The van der Waals surface area contributed by atoms with E-state index in [9.17, 15) is 10.1 Å². The number of hydrogen-bond donors (Lipinski definition) is 0. The van der Waals surface area contributed by atoms with Gasteiger partial charge in [-0.05, 0) is 18.9 Å². The Morgan fingerprint density at radius 3 is 2.59 bits per heavy atom. The first-order valence-electron chi connectivity index (χ1n) is 5.79. The van der Waals surface area contributed by atoms with Crippen molar-refractivity contribution in [2.45, 2.75) is 25.7 Å². The SMILES string of the molecule is O=[N+]([O-])c1ccc(/C=N/N2CCCCCC2)s1. The molecule has 0 aromatic carbocycles. The lowest BCUT2D eigenvalue weighted by Crippen LogP contribution is -2.18. The lowest BCUT2D eigenvalue weighted by atomic mass is 10.2. The molecule has 2 rings (SSSR count). The summed E-state index contributed by atoms with van der Waals surface area (Å²) < 4.78 is 0. The molecule has 1 saturated heterocycles. The minimum absolute atomic E-state index is 0.169. The maximum Gasteiger partial charge on any atom is 0.324 e. The van der Waals surface area contributed by atoms with Crippen LogP contribution in [0.25, 0.3) is 0 Å². The van der Waals surface area contributed by atoms with E-state index in [0.29, 0.717) is 0 Å². The molecule has 0 bridgehead atoms. The second-order valence-corrected chi connectivity index (χ2v) is 5.14. The smallest absolute Gasteiger partial charge is 0.297 e. The third-order valence-corrected chi connectivity index (χ3v) is 3.69. The third-order valence-electron chi connectivity index (χ3n) is 2.72. The van der Waals surface area contributed by atoms with Gasteiger partial charge in [-0.3, -0.25) is 15.1 Å². The van der Waals surface area contributed by atoms with Gasteiger partial charge in [-0.1, -0.05) is 24.2 Å². The first kappa shape index (κ1) is 12.0. The number of rotatable bonds is 3. The molecule has 0 N–H and O–H groups in total. The van der Waals surface area contributed by atoms with Crippen LogP contribution in [0.5, 0.6) is 0 Å². The van der Waals surface area contributed by atoms with E-state index in [4.69, 9.17) is 0 Å². The summed E-state index contributed by atoms with van der Waals surface area (Å²) in [5, 5.41) is 17.1. The van der Waals surface area contributed by atoms with Crippen LogP contribution in [0.3, 0.4) is 0 Å². The number of nitrogens with zero attached hydrogens (tertiary/aromatic N) is 3. The lowest BCUT2D eigenvalue weighted by Gasteiger charge is -2.14. The Labute approximate surface area is 104 Å². The molecule has 1 aliphatic heterocycles. The average molecular weight is 253 g/mol. The summed E-state index contributed by atoms with van der Waals surface area (Å²) in [7, 11) is 0. The highest BCUT2D eigenvalue weighted by atomic mass is 32.1. The Bertz CT molecular complexity index is 409. The van der Waals surface area contributed by atoms with Gasteiger partial charge < -0.3 is 0 Å². The Balaban J connectivity index is 1.96. The molecule has 1 aliphatic rings. The zero-order valence-corrected chi connectivity index (χ0v) is 10.4. The molecule has 0 aliphatic carbocycles. The summed E-state index contributed by atoms with van der Waals surface area (Å²) >= 11 is 1.16. The van der Waals surface area contributed by atoms with E-state index >= 15 is 0 Å². The summed E-state index contributed by atoms with van der Waals surface area (Å²) in [5.41, 5.74) is 0. The monoisotopic (exact) mass is 253 g/mol. The van der Waals surface area contributed by atoms with Crippen molar-refractivity contribution < 1.29 is 4.92 Å². The highest BCUT2D eigenvalue weighted by Crippen LogP contribution is 2.22. The second-order valence-electron chi connectivity index (χ2n) is 4.05. The Kier molecular flexibility index (Phi) is 4.08. The van der Waals surface area contributed by atoms with Gasteiger partial charge in [0.1, 0.15) is 0 Å². The number of thiophene rings is 1. The van der Waals surface area contributed by atoms with Crippen molar-refractivity contribution in [3.8, 4) is 0 Å². The van der Waals surface area contributed by atoms with Gasteiger partial charge in [-0.25, -0.2) is 0 Å². The van der Waals surface area contributed by atoms with Gasteiger partial charge in [0.25, 0.3) is 0 Å². The number of nitro groups is 1. The standard InChI is InChI=1S/C11H15N3O2S/c15-14(16)11-6-5-10(17-11)9-12-13-7-3-1-2-4-8-13/h5-6,9H,1-4,7-8H2/b12-9+. The first-order valence-corrected chi connectivity index (χ1v) is 6.60. The predicted molar refractivity (Wildman–Crippen MR) is 68.6 cm³/mol. The molecule has 0 amide bonds. The molecule has 0 radical (unpaired) electrons. The van der Waals surface area contributed by atoms with Crippen molar-refractivity contribution in [1.29, 1.82) is 0 Å². The fourth-order valence-corrected chi connectivity index (χ4v) is 2.51. The van der Waals surface area contributed by atoms with Crippen molar-refractivity contribution in [2.24, 2.45) is 5.10 Å². The maximum atomic E-state index is 10.5. The molecule has 6 heteroatoms. The fraction of sp³-hybridized carbons (Fsp3) is 0.545. The highest BCUT2D eigenvalue weighted by molar-refractivity contribution is 7.16. The van der Waals surface area contributed by atoms with E-state index in [1.54, 1.807) is 12.3 Å². The van der Waals surface area contributed by atoms with Crippen LogP contribution in [0, 0.1) is 10.1 Å². The molecular formula is C11H15N3O2S. The van der Waals surface area contributed by atoms with Crippen molar-refractivity contribution in [3.05, 3.63) is 27.1 Å². The summed E-state index contributed by atoms with van der Waals surface area (Å²) in [6, 6.07) is 3.26. The van der Waals surface area contributed by atoms with E-state index in [2.05, 4.69) is 10.1 Å². The summed E-state index contributed by atoms with van der Waals surface area (Å²) in [4.78, 5) is 11.0. The highest BCUT2D eigenvalue weighted by Gasteiger charge is 2.09. The molecular weight excluding hydrogens is 238 g/mol. The van der Waals surface area contributed by atoms with Crippen LogP contribution in [0.4, 0.5) is 5.00 Å². The van der Waals surface area contributed by atoms with Crippen LogP contribution in [0.2, 0.25) is 0 Å². The van der Waals surface area contributed by atoms with E-state index < -0.39 is 0 Å². The van der Waals surface area contributed by atoms with Crippen molar-refractivity contribution >= 4 is 22.6 Å². The number of hydrazone groups is 1. The van der Waals surface area contributed by atoms with E-state index in [0.717, 1.165) is 29.3 Å². The summed E-state index contributed by atoms with van der Waals surface area (Å²) in [6.45, 7) is 1.98. The molecule has 0 spiro atoms. The Hall–Kier alpha value is -1.43. The van der Waals surface area contributed by atoms with E-state index in [1.165, 1.54) is 31.7 Å². The quantitative estimate of drug-likeness (QED) is 0.473. The predicted octanol–water partition coefficient (Wildman–Crippen LogP) is 2.87. The normalized spacial score (nSPS) is 17.3. The van der Waals surface area contributed by atoms with Crippen LogP contribution in [0.15, 0.2) is 17.2 Å². The van der Waals surface area contributed by atoms with Crippen molar-refractivity contribution in [3.63, 3.8) is 0 Å². The maximum absolute atomic E-state index is 10.5. The second kappa shape index (κ2) is 5.77. The van der Waals surface area contributed by atoms with Crippen molar-refractivity contribution in [1.82, 2.24) is 5.01 Å². The zero-order chi connectivity index (χ0) is 12.1. The Morgan fingerprint density at radius 2 is 2.00 bits per heavy atom. The van der Waals surface area contributed by atoms with Gasteiger partial charge in [0, 0.05) is 19.2 Å². The van der Waals surface area contributed by atoms with Crippen LogP contribution in [-0.2, 0) is 0 Å². The summed E-state index contributed by atoms with van der Waals surface area (Å²) in [6.07, 6.45) is 6.64. The van der Waals surface area contributed by atoms with Crippen LogP contribution >= 0.6 is 11.3 Å². The van der Waals surface area contributed by atoms with Crippen molar-refractivity contribution in [2.75, 3.05) is 13.1 Å². The van der Waals surface area contributed by atoms with Gasteiger partial charge in [0.05, 0.1) is 16.0 Å². The molecule has 0 saturated carbocycles.